The molecule has 1 heterocycles. The minimum atomic E-state index is -0.852. The average Bonchev–Trinajstić information content (AvgIpc) is 2.61. The Morgan fingerprint density at radius 1 is 1.17 bits per heavy atom. The Hall–Kier alpha value is -2.33. The van der Waals surface area contributed by atoms with Gasteiger partial charge in [-0.15, -0.1) is 0 Å². The number of rotatable bonds is 6. The molecule has 0 aromatic heterocycles. The zero-order valence-electron chi connectivity index (χ0n) is 14.0. The van der Waals surface area contributed by atoms with Crippen molar-refractivity contribution in [1.82, 2.24) is 4.90 Å². The highest BCUT2D eigenvalue weighted by Gasteiger charge is 2.17. The van der Waals surface area contributed by atoms with Gasteiger partial charge in [-0.05, 0) is 66.8 Å². The second-order valence-corrected chi connectivity index (χ2v) is 6.27. The number of nitrogens with zero attached hydrogens (tertiary/aromatic N) is 1. The van der Waals surface area contributed by atoms with Crippen molar-refractivity contribution in [1.29, 1.82) is 0 Å². The van der Waals surface area contributed by atoms with Gasteiger partial charge >= 0.3 is 5.97 Å². The molecule has 4 nitrogen and oxygen atoms in total. The molecule has 0 fully saturated rings. The summed E-state index contributed by atoms with van der Waals surface area (Å²) in [5.41, 5.74) is 4.15. The van der Waals surface area contributed by atoms with E-state index in [0.29, 0.717) is 5.56 Å². The van der Waals surface area contributed by atoms with Gasteiger partial charge in [0.15, 0.2) is 0 Å². The largest absolute Gasteiger partial charge is 0.497 e. The fourth-order valence-electron chi connectivity index (χ4n) is 3.24. The number of ether oxygens (including phenoxy) is 1. The van der Waals surface area contributed by atoms with E-state index in [0.717, 1.165) is 50.2 Å². The van der Waals surface area contributed by atoms with Gasteiger partial charge < -0.3 is 9.84 Å². The summed E-state index contributed by atoms with van der Waals surface area (Å²) in [6.07, 6.45) is 3.14. The van der Waals surface area contributed by atoms with E-state index in [-0.39, 0.29) is 0 Å². The Bertz CT molecular complexity index is 709. The van der Waals surface area contributed by atoms with Crippen molar-refractivity contribution in [2.45, 2.75) is 25.8 Å². The first kappa shape index (κ1) is 16.5. The van der Waals surface area contributed by atoms with Crippen LogP contribution in [0.5, 0.6) is 5.75 Å². The van der Waals surface area contributed by atoms with Crippen molar-refractivity contribution >= 4 is 5.97 Å². The number of aromatic carboxylic acids is 1. The molecule has 4 heteroatoms. The fraction of sp³-hybridized carbons (Fsp3) is 0.350. The Labute approximate surface area is 142 Å². The third-order valence-electron chi connectivity index (χ3n) is 4.64. The first-order valence-electron chi connectivity index (χ1n) is 8.36. The van der Waals surface area contributed by atoms with E-state index in [1.165, 1.54) is 11.1 Å². The molecule has 0 spiro atoms. The van der Waals surface area contributed by atoms with Crippen LogP contribution < -0.4 is 4.74 Å². The zero-order valence-corrected chi connectivity index (χ0v) is 14.0. The third kappa shape index (κ3) is 3.95. The fourth-order valence-corrected chi connectivity index (χ4v) is 3.24. The Kier molecular flexibility index (Phi) is 5.16. The highest BCUT2D eigenvalue weighted by molar-refractivity contribution is 5.87. The van der Waals surface area contributed by atoms with Crippen LogP contribution in [-0.4, -0.2) is 36.2 Å². The quantitative estimate of drug-likeness (QED) is 0.884. The van der Waals surface area contributed by atoms with Gasteiger partial charge in [-0.25, -0.2) is 4.79 Å². The van der Waals surface area contributed by atoms with Crippen LogP contribution >= 0.6 is 0 Å². The highest BCUT2D eigenvalue weighted by atomic mass is 16.5. The molecule has 0 radical (unpaired) electrons. The molecular weight excluding hydrogens is 302 g/mol. The first-order chi connectivity index (χ1) is 11.7. The number of carbonyl (C=O) groups is 1. The molecule has 1 aliphatic rings. The summed E-state index contributed by atoms with van der Waals surface area (Å²) < 4.78 is 5.18. The summed E-state index contributed by atoms with van der Waals surface area (Å²) in [5, 5.41) is 9.13. The van der Waals surface area contributed by atoms with Crippen LogP contribution in [0.15, 0.2) is 42.5 Å². The summed E-state index contributed by atoms with van der Waals surface area (Å²) in [7, 11) is 1.68. The van der Waals surface area contributed by atoms with E-state index in [9.17, 15) is 4.79 Å². The van der Waals surface area contributed by atoms with Gasteiger partial charge in [0.1, 0.15) is 5.75 Å². The summed E-state index contributed by atoms with van der Waals surface area (Å²) in [6.45, 7) is 2.92. The maximum atomic E-state index is 11.1. The SMILES string of the molecule is COc1ccc(CCCN2CCc3ccc(C(=O)O)cc3C2)cc1. The second kappa shape index (κ2) is 7.49. The first-order valence-corrected chi connectivity index (χ1v) is 8.36. The predicted molar refractivity (Wildman–Crippen MR) is 93.7 cm³/mol. The Morgan fingerprint density at radius 3 is 2.67 bits per heavy atom. The number of hydrogen-bond donors (Lipinski definition) is 1. The van der Waals surface area contributed by atoms with Gasteiger partial charge in [0.05, 0.1) is 12.7 Å². The summed E-state index contributed by atoms with van der Waals surface area (Å²) in [4.78, 5) is 13.5. The molecular formula is C20H23NO3. The van der Waals surface area contributed by atoms with Gasteiger partial charge in [-0.3, -0.25) is 4.90 Å². The molecule has 0 unspecified atom stereocenters. The molecule has 2 aromatic carbocycles. The molecule has 3 rings (SSSR count). The Morgan fingerprint density at radius 2 is 1.96 bits per heavy atom. The van der Waals surface area contributed by atoms with Crippen LogP contribution in [0, 0.1) is 0 Å². The lowest BCUT2D eigenvalue weighted by Crippen LogP contribution is -2.31. The van der Waals surface area contributed by atoms with Crippen molar-refractivity contribution in [2.75, 3.05) is 20.2 Å². The van der Waals surface area contributed by atoms with Gasteiger partial charge in [0.2, 0.25) is 0 Å². The minimum absolute atomic E-state index is 0.383. The molecule has 1 aliphatic heterocycles. The van der Waals surface area contributed by atoms with Crippen molar-refractivity contribution < 1.29 is 14.6 Å². The van der Waals surface area contributed by atoms with Crippen LogP contribution in [0.3, 0.4) is 0 Å². The molecule has 24 heavy (non-hydrogen) atoms. The average molecular weight is 325 g/mol. The summed E-state index contributed by atoms with van der Waals surface area (Å²) in [6, 6.07) is 13.7. The lowest BCUT2D eigenvalue weighted by atomic mass is 9.97. The predicted octanol–water partition coefficient (Wildman–Crippen LogP) is 3.38. The van der Waals surface area contributed by atoms with Gasteiger partial charge in [-0.2, -0.15) is 0 Å². The van der Waals surface area contributed by atoms with Crippen LogP contribution in [-0.2, 0) is 19.4 Å². The van der Waals surface area contributed by atoms with Gasteiger partial charge in [0, 0.05) is 13.1 Å². The van der Waals surface area contributed by atoms with Crippen molar-refractivity contribution in [3.63, 3.8) is 0 Å². The Balaban J connectivity index is 1.53. The molecule has 0 saturated carbocycles. The molecule has 0 amide bonds. The zero-order chi connectivity index (χ0) is 16.9. The van der Waals surface area contributed by atoms with Crippen LogP contribution in [0.4, 0.5) is 0 Å². The molecule has 2 aromatic rings. The van der Waals surface area contributed by atoms with E-state index >= 15 is 0 Å². The normalized spacial score (nSPS) is 14.2. The van der Waals surface area contributed by atoms with E-state index in [4.69, 9.17) is 9.84 Å². The second-order valence-electron chi connectivity index (χ2n) is 6.27. The number of aryl methyl sites for hydroxylation is 1. The molecule has 0 bridgehead atoms. The van der Waals surface area contributed by atoms with Crippen LogP contribution in [0.25, 0.3) is 0 Å². The van der Waals surface area contributed by atoms with E-state index in [1.54, 1.807) is 13.2 Å². The van der Waals surface area contributed by atoms with E-state index < -0.39 is 5.97 Å². The minimum Gasteiger partial charge on any atom is -0.497 e. The number of hydrogen-bond acceptors (Lipinski definition) is 3. The molecule has 0 aliphatic carbocycles. The third-order valence-corrected chi connectivity index (χ3v) is 4.64. The van der Waals surface area contributed by atoms with Gasteiger partial charge in [0.25, 0.3) is 0 Å². The number of methoxy groups -OCH3 is 1. The maximum absolute atomic E-state index is 11.1. The van der Waals surface area contributed by atoms with Crippen LogP contribution in [0.1, 0.15) is 33.5 Å². The van der Waals surface area contributed by atoms with Crippen molar-refractivity contribution in [3.05, 3.63) is 64.7 Å². The lowest BCUT2D eigenvalue weighted by Gasteiger charge is -2.29. The highest BCUT2D eigenvalue weighted by Crippen LogP contribution is 2.21. The molecule has 0 atom stereocenters. The summed E-state index contributed by atoms with van der Waals surface area (Å²) >= 11 is 0. The molecule has 126 valence electrons. The van der Waals surface area contributed by atoms with Crippen LogP contribution in [0.2, 0.25) is 0 Å². The maximum Gasteiger partial charge on any atom is 0.335 e. The monoisotopic (exact) mass is 325 g/mol. The van der Waals surface area contributed by atoms with E-state index in [2.05, 4.69) is 17.0 Å². The number of carboxylic acids is 1. The van der Waals surface area contributed by atoms with Crippen molar-refractivity contribution in [3.8, 4) is 5.75 Å². The topological polar surface area (TPSA) is 49.8 Å². The smallest absolute Gasteiger partial charge is 0.335 e. The molecule has 1 N–H and O–H groups in total. The number of carboxylic acid groups (broad SMARTS) is 1. The number of benzene rings is 2. The standard InChI is InChI=1S/C20H23NO3/c1-24-19-8-4-15(5-9-19)3-2-11-21-12-10-16-6-7-17(20(22)23)13-18(16)14-21/h4-9,13H,2-3,10-12,14H2,1H3,(H,22,23). The van der Waals surface area contributed by atoms with Gasteiger partial charge in [-0.1, -0.05) is 18.2 Å². The number of fused-ring (bicyclic) bond motifs is 1. The summed E-state index contributed by atoms with van der Waals surface area (Å²) in [5.74, 6) is 0.0371. The van der Waals surface area contributed by atoms with E-state index in [1.807, 2.05) is 24.3 Å². The molecule has 0 saturated heterocycles. The van der Waals surface area contributed by atoms with Crippen molar-refractivity contribution in [2.24, 2.45) is 0 Å². The lowest BCUT2D eigenvalue weighted by molar-refractivity contribution is 0.0696.